The number of likely N-dealkylation sites (tertiary alicyclic amines) is 1. The average Bonchev–Trinajstić information content (AvgIpc) is 3.02. The summed E-state index contributed by atoms with van der Waals surface area (Å²) in [5.74, 6) is 0. The lowest BCUT2D eigenvalue weighted by atomic mass is 9.55. The van der Waals surface area contributed by atoms with Crippen molar-refractivity contribution in [3.63, 3.8) is 0 Å². The highest BCUT2D eigenvalue weighted by atomic mass is 16.3. The highest BCUT2D eigenvalue weighted by molar-refractivity contribution is 5.75. The number of rotatable bonds is 5. The molecule has 0 aromatic heterocycles. The number of benzene rings is 1. The van der Waals surface area contributed by atoms with Crippen molar-refractivity contribution in [3.8, 4) is 0 Å². The van der Waals surface area contributed by atoms with Crippen LogP contribution in [0.5, 0.6) is 0 Å². The summed E-state index contributed by atoms with van der Waals surface area (Å²) >= 11 is 0. The van der Waals surface area contributed by atoms with E-state index in [9.17, 15) is 9.90 Å². The largest absolute Gasteiger partial charge is 0.393 e. The Labute approximate surface area is 177 Å². The van der Waals surface area contributed by atoms with E-state index in [1.165, 1.54) is 17.5 Å². The van der Waals surface area contributed by atoms with Crippen molar-refractivity contribution in [1.82, 2.24) is 9.80 Å². The van der Waals surface area contributed by atoms with Crippen molar-refractivity contribution in [3.05, 3.63) is 35.4 Å². The molecule has 1 heterocycles. The van der Waals surface area contributed by atoms with Gasteiger partial charge in [-0.1, -0.05) is 45.0 Å². The van der Waals surface area contributed by atoms with Gasteiger partial charge < -0.3 is 14.9 Å². The van der Waals surface area contributed by atoms with Gasteiger partial charge in [-0.2, -0.15) is 0 Å². The number of carbonyl (C=O) groups is 1. The van der Waals surface area contributed by atoms with Gasteiger partial charge >= 0.3 is 6.03 Å². The lowest BCUT2D eigenvalue weighted by Gasteiger charge is -2.50. The number of aryl methyl sites for hydroxylation is 1. The van der Waals surface area contributed by atoms with Gasteiger partial charge in [0, 0.05) is 25.7 Å². The van der Waals surface area contributed by atoms with E-state index in [1.54, 1.807) is 0 Å². The average molecular weight is 401 g/mol. The van der Waals surface area contributed by atoms with Crippen molar-refractivity contribution in [2.75, 3.05) is 13.6 Å². The molecule has 1 aromatic rings. The first-order valence-electron chi connectivity index (χ1n) is 11.4. The van der Waals surface area contributed by atoms with Crippen LogP contribution < -0.4 is 0 Å². The van der Waals surface area contributed by atoms with Crippen LogP contribution in [0.2, 0.25) is 0 Å². The molecule has 1 aromatic carbocycles. The smallest absolute Gasteiger partial charge is 0.320 e. The number of nitrogens with zero attached hydrogens (tertiary/aromatic N) is 2. The fraction of sp³-hybridized carbons (Fsp3) is 0.720. The molecule has 0 saturated carbocycles. The van der Waals surface area contributed by atoms with E-state index in [-0.39, 0.29) is 35.0 Å². The second-order valence-corrected chi connectivity index (χ2v) is 10.4. The normalized spacial score (nSPS) is 29.4. The van der Waals surface area contributed by atoms with Gasteiger partial charge in [0.05, 0.1) is 6.10 Å². The highest BCUT2D eigenvalue weighted by Crippen LogP contribution is 2.51. The first-order chi connectivity index (χ1) is 13.6. The summed E-state index contributed by atoms with van der Waals surface area (Å²) in [6.07, 6.45) is 5.59. The van der Waals surface area contributed by atoms with Gasteiger partial charge in [0.15, 0.2) is 0 Å². The topological polar surface area (TPSA) is 43.8 Å². The Morgan fingerprint density at radius 2 is 1.97 bits per heavy atom. The fourth-order valence-electron chi connectivity index (χ4n) is 5.56. The fourth-order valence-corrected chi connectivity index (χ4v) is 5.56. The molecule has 2 aliphatic rings. The highest BCUT2D eigenvalue weighted by Gasteiger charge is 2.46. The van der Waals surface area contributed by atoms with Crippen LogP contribution in [-0.2, 0) is 11.8 Å². The van der Waals surface area contributed by atoms with Crippen molar-refractivity contribution in [2.24, 2.45) is 5.41 Å². The quantitative estimate of drug-likeness (QED) is 0.757. The zero-order chi connectivity index (χ0) is 21.4. The van der Waals surface area contributed by atoms with E-state index in [0.717, 1.165) is 32.2 Å². The molecule has 0 spiro atoms. The summed E-state index contributed by atoms with van der Waals surface area (Å²) in [4.78, 5) is 17.2. The number of aliphatic hydroxyl groups is 1. The molecule has 3 rings (SSSR count). The molecule has 2 amide bonds. The molecule has 1 saturated heterocycles. The molecular weight excluding hydrogens is 360 g/mol. The van der Waals surface area contributed by atoms with Gasteiger partial charge in [0.1, 0.15) is 0 Å². The van der Waals surface area contributed by atoms with Crippen LogP contribution in [0.4, 0.5) is 4.79 Å². The first kappa shape index (κ1) is 22.1. The van der Waals surface area contributed by atoms with Gasteiger partial charge in [-0.25, -0.2) is 4.79 Å². The Morgan fingerprint density at radius 1 is 1.28 bits per heavy atom. The van der Waals surface area contributed by atoms with Crippen molar-refractivity contribution in [2.45, 2.75) is 96.7 Å². The maximum Gasteiger partial charge on any atom is 0.320 e. The van der Waals surface area contributed by atoms with Crippen molar-refractivity contribution in [1.29, 1.82) is 0 Å². The third kappa shape index (κ3) is 4.19. The van der Waals surface area contributed by atoms with Crippen molar-refractivity contribution < 1.29 is 9.90 Å². The minimum Gasteiger partial charge on any atom is -0.393 e. The SMILES string of the molecule is CC(O)C[C@H]1CC[C@@H](C)N1C(=O)N(C)CC[C@@]1(C)c2ccccc2CCC1(C)C. The molecule has 162 valence electrons. The maximum absolute atomic E-state index is 13.3. The molecule has 1 unspecified atom stereocenters. The first-order valence-corrected chi connectivity index (χ1v) is 11.4. The lowest BCUT2D eigenvalue weighted by Crippen LogP contribution is -2.50. The minimum absolute atomic E-state index is 0.0476. The van der Waals surface area contributed by atoms with E-state index in [4.69, 9.17) is 0 Å². The number of hydrogen-bond donors (Lipinski definition) is 1. The third-order valence-corrected chi connectivity index (χ3v) is 8.02. The number of fused-ring (bicyclic) bond motifs is 1. The van der Waals surface area contributed by atoms with E-state index < -0.39 is 0 Å². The van der Waals surface area contributed by atoms with Gasteiger partial charge in [-0.05, 0) is 74.3 Å². The summed E-state index contributed by atoms with van der Waals surface area (Å²) in [5, 5.41) is 9.84. The van der Waals surface area contributed by atoms with Gasteiger partial charge in [0.2, 0.25) is 0 Å². The van der Waals surface area contributed by atoms with Crippen LogP contribution in [-0.4, -0.2) is 52.7 Å². The molecular formula is C25H40N2O2. The van der Waals surface area contributed by atoms with Gasteiger partial charge in [-0.3, -0.25) is 0 Å². The summed E-state index contributed by atoms with van der Waals surface area (Å²) in [5.41, 5.74) is 3.17. The molecule has 0 bridgehead atoms. The van der Waals surface area contributed by atoms with E-state index in [2.05, 4.69) is 52.0 Å². The van der Waals surface area contributed by atoms with Crippen LogP contribution in [0.15, 0.2) is 24.3 Å². The predicted octanol–water partition coefficient (Wildman–Crippen LogP) is 4.98. The molecule has 4 heteroatoms. The Kier molecular flexibility index (Phi) is 6.33. The Bertz CT molecular complexity index is 729. The standard InChI is InChI=1S/C25H40N2O2/c1-18-11-12-21(17-19(2)28)27(18)23(29)26(6)16-15-25(5)22-10-8-7-9-20(22)13-14-24(25,3)4/h7-10,18-19,21,28H,11-17H2,1-6H3/t18-,19?,21-,25+/m1/s1. The van der Waals surface area contributed by atoms with Gasteiger partial charge in [-0.15, -0.1) is 0 Å². The molecule has 0 radical (unpaired) electrons. The Balaban J connectivity index is 1.74. The molecule has 1 aliphatic heterocycles. The monoisotopic (exact) mass is 400 g/mol. The van der Waals surface area contributed by atoms with Crippen LogP contribution in [0.1, 0.15) is 77.8 Å². The Morgan fingerprint density at radius 3 is 2.66 bits per heavy atom. The third-order valence-electron chi connectivity index (χ3n) is 8.02. The predicted molar refractivity (Wildman–Crippen MR) is 119 cm³/mol. The minimum atomic E-state index is -0.371. The molecule has 4 nitrogen and oxygen atoms in total. The summed E-state index contributed by atoms with van der Waals surface area (Å²) in [6, 6.07) is 9.37. The van der Waals surface area contributed by atoms with E-state index in [1.807, 2.05) is 23.8 Å². The molecule has 4 atom stereocenters. The summed E-state index contributed by atoms with van der Waals surface area (Å²) in [7, 11) is 1.94. The second kappa shape index (κ2) is 8.29. The van der Waals surface area contributed by atoms with E-state index in [0.29, 0.717) is 6.42 Å². The second-order valence-electron chi connectivity index (χ2n) is 10.4. The zero-order valence-electron chi connectivity index (χ0n) is 19.2. The summed E-state index contributed by atoms with van der Waals surface area (Å²) < 4.78 is 0. The van der Waals surface area contributed by atoms with E-state index >= 15 is 0 Å². The van der Waals surface area contributed by atoms with Crippen molar-refractivity contribution >= 4 is 6.03 Å². The van der Waals surface area contributed by atoms with Crippen LogP contribution in [0.3, 0.4) is 0 Å². The molecule has 1 aliphatic carbocycles. The van der Waals surface area contributed by atoms with Crippen LogP contribution in [0, 0.1) is 5.41 Å². The Hall–Kier alpha value is -1.55. The molecule has 1 fully saturated rings. The maximum atomic E-state index is 13.3. The molecule has 29 heavy (non-hydrogen) atoms. The number of aliphatic hydroxyl groups excluding tert-OH is 1. The zero-order valence-corrected chi connectivity index (χ0v) is 19.2. The van der Waals surface area contributed by atoms with Crippen LogP contribution in [0.25, 0.3) is 0 Å². The molecule has 1 N–H and O–H groups in total. The number of urea groups is 1. The number of amides is 2. The lowest BCUT2D eigenvalue weighted by molar-refractivity contribution is 0.0989. The summed E-state index contributed by atoms with van der Waals surface area (Å²) in [6.45, 7) is 11.8. The van der Waals surface area contributed by atoms with Crippen LogP contribution >= 0.6 is 0 Å². The number of carbonyl (C=O) groups excluding carboxylic acids is 1. The number of hydrogen-bond acceptors (Lipinski definition) is 2. The van der Waals surface area contributed by atoms with Gasteiger partial charge in [0.25, 0.3) is 0 Å².